The number of benzene rings is 1. The molecule has 1 unspecified atom stereocenters. The van der Waals surface area contributed by atoms with Gasteiger partial charge >= 0.3 is 5.69 Å². The summed E-state index contributed by atoms with van der Waals surface area (Å²) < 4.78 is 11.6. The van der Waals surface area contributed by atoms with Crippen molar-refractivity contribution in [2.24, 2.45) is 5.92 Å². The number of aromatic carboxylic acids is 1. The lowest BCUT2D eigenvalue weighted by Crippen LogP contribution is -2.31. The molecule has 1 aromatic carbocycles. The summed E-state index contributed by atoms with van der Waals surface area (Å²) in [6.07, 6.45) is 3.47. The van der Waals surface area contributed by atoms with Crippen LogP contribution < -0.4 is 9.84 Å². The van der Waals surface area contributed by atoms with Crippen molar-refractivity contribution in [3.63, 3.8) is 0 Å². The summed E-state index contributed by atoms with van der Waals surface area (Å²) in [6, 6.07) is 3.34. The van der Waals surface area contributed by atoms with E-state index in [1.165, 1.54) is 0 Å². The van der Waals surface area contributed by atoms with Crippen molar-refractivity contribution in [2.45, 2.75) is 51.9 Å². The van der Waals surface area contributed by atoms with Crippen LogP contribution >= 0.6 is 0 Å². The standard InChI is InChI=1S/C16H21NO6/c1-10(2)16(22-12-5-3-4-6-12)23-14-9-11(15(18)19)7-8-13(14)17(20)21/h7-10,12,16H,3-6H2,1-2H3,(H,18,19)/p-1. The van der Waals surface area contributed by atoms with Gasteiger partial charge in [0.15, 0.2) is 0 Å². The lowest BCUT2D eigenvalue weighted by Gasteiger charge is -2.26. The van der Waals surface area contributed by atoms with Gasteiger partial charge in [-0.1, -0.05) is 26.7 Å². The molecule has 126 valence electrons. The zero-order valence-corrected chi connectivity index (χ0v) is 13.2. The van der Waals surface area contributed by atoms with E-state index in [1.54, 1.807) is 0 Å². The van der Waals surface area contributed by atoms with Gasteiger partial charge in [-0.25, -0.2) is 0 Å². The molecule has 1 aromatic rings. The highest BCUT2D eigenvalue weighted by Crippen LogP contribution is 2.31. The lowest BCUT2D eigenvalue weighted by molar-refractivity contribution is -0.386. The molecule has 23 heavy (non-hydrogen) atoms. The summed E-state index contributed by atoms with van der Waals surface area (Å²) in [5, 5.41) is 22.1. The number of hydrogen-bond acceptors (Lipinski definition) is 6. The minimum atomic E-state index is -1.41. The molecule has 1 fully saturated rings. The van der Waals surface area contributed by atoms with Crippen molar-refractivity contribution < 1.29 is 24.3 Å². The molecule has 0 heterocycles. The summed E-state index contributed by atoms with van der Waals surface area (Å²) in [5.41, 5.74) is -0.468. The Kier molecular flexibility index (Phi) is 5.54. The maximum atomic E-state index is 11.1. The van der Waals surface area contributed by atoms with Gasteiger partial charge in [-0.2, -0.15) is 0 Å². The van der Waals surface area contributed by atoms with Gasteiger partial charge in [0.2, 0.25) is 12.0 Å². The molecule has 1 atom stereocenters. The molecule has 7 heteroatoms. The van der Waals surface area contributed by atoms with Crippen LogP contribution in [0.15, 0.2) is 18.2 Å². The molecular weight excluding hydrogens is 302 g/mol. The number of ether oxygens (including phenoxy) is 2. The van der Waals surface area contributed by atoms with Crippen LogP contribution in [0.25, 0.3) is 0 Å². The predicted molar refractivity (Wildman–Crippen MR) is 80.0 cm³/mol. The summed E-state index contributed by atoms with van der Waals surface area (Å²) in [5.74, 6) is -1.57. The summed E-state index contributed by atoms with van der Waals surface area (Å²) in [4.78, 5) is 21.5. The Morgan fingerprint density at radius 1 is 1.30 bits per heavy atom. The second-order valence-electron chi connectivity index (χ2n) is 6.00. The van der Waals surface area contributed by atoms with Crippen molar-refractivity contribution in [1.82, 2.24) is 0 Å². The van der Waals surface area contributed by atoms with Gasteiger partial charge < -0.3 is 19.4 Å². The fraction of sp³-hybridized carbons (Fsp3) is 0.562. The van der Waals surface area contributed by atoms with Crippen LogP contribution in [0.4, 0.5) is 5.69 Å². The Labute approximate surface area is 134 Å². The highest BCUT2D eigenvalue weighted by atomic mass is 16.7. The molecule has 0 spiro atoms. The Morgan fingerprint density at radius 2 is 1.96 bits per heavy atom. The van der Waals surface area contributed by atoms with E-state index in [-0.39, 0.29) is 29.0 Å². The molecular formula is C16H20NO6-. The van der Waals surface area contributed by atoms with Crippen LogP contribution in [0.5, 0.6) is 5.75 Å². The van der Waals surface area contributed by atoms with E-state index in [0.717, 1.165) is 43.9 Å². The van der Waals surface area contributed by atoms with Crippen molar-refractivity contribution >= 4 is 11.7 Å². The number of nitro benzene ring substituents is 1. The van der Waals surface area contributed by atoms with E-state index in [4.69, 9.17) is 9.47 Å². The van der Waals surface area contributed by atoms with Crippen molar-refractivity contribution in [1.29, 1.82) is 0 Å². The van der Waals surface area contributed by atoms with Crippen molar-refractivity contribution in [2.75, 3.05) is 0 Å². The number of hydrogen-bond donors (Lipinski definition) is 0. The number of carboxylic acids is 1. The second-order valence-corrected chi connectivity index (χ2v) is 6.00. The average molecular weight is 322 g/mol. The zero-order valence-electron chi connectivity index (χ0n) is 13.2. The molecule has 1 aliphatic rings. The topological polar surface area (TPSA) is 102 Å². The first kappa shape index (κ1) is 17.2. The van der Waals surface area contributed by atoms with Crippen LogP contribution in [-0.4, -0.2) is 23.3 Å². The number of nitrogens with zero attached hydrogens (tertiary/aromatic N) is 1. The maximum absolute atomic E-state index is 11.1. The normalized spacial score (nSPS) is 16.5. The molecule has 7 nitrogen and oxygen atoms in total. The third kappa shape index (κ3) is 4.41. The number of rotatable bonds is 7. The van der Waals surface area contributed by atoms with E-state index in [1.807, 2.05) is 13.8 Å². The summed E-state index contributed by atoms with van der Waals surface area (Å²) in [6.45, 7) is 3.77. The molecule has 0 N–H and O–H groups in total. The predicted octanol–water partition coefficient (Wildman–Crippen LogP) is 2.28. The largest absolute Gasteiger partial charge is 0.545 e. The fourth-order valence-electron chi connectivity index (χ4n) is 2.55. The molecule has 1 saturated carbocycles. The minimum Gasteiger partial charge on any atom is -0.545 e. The first-order valence-corrected chi connectivity index (χ1v) is 7.70. The molecule has 0 aromatic heterocycles. The molecule has 0 radical (unpaired) electrons. The number of carboxylic acid groups (broad SMARTS) is 1. The Morgan fingerprint density at radius 3 is 2.48 bits per heavy atom. The van der Waals surface area contributed by atoms with Gasteiger partial charge in [-0.3, -0.25) is 10.1 Å². The van der Waals surface area contributed by atoms with Gasteiger partial charge in [0.25, 0.3) is 0 Å². The van der Waals surface area contributed by atoms with Crippen molar-refractivity contribution in [3.05, 3.63) is 33.9 Å². The van der Waals surface area contributed by atoms with Gasteiger partial charge in [-0.15, -0.1) is 0 Å². The van der Waals surface area contributed by atoms with E-state index in [9.17, 15) is 20.0 Å². The van der Waals surface area contributed by atoms with Gasteiger partial charge in [0.1, 0.15) is 0 Å². The minimum absolute atomic E-state index is 0.0400. The molecule has 0 bridgehead atoms. The van der Waals surface area contributed by atoms with Crippen LogP contribution in [0.3, 0.4) is 0 Å². The van der Waals surface area contributed by atoms with Crippen molar-refractivity contribution in [3.8, 4) is 5.75 Å². The monoisotopic (exact) mass is 322 g/mol. The summed E-state index contributed by atoms with van der Waals surface area (Å²) in [7, 11) is 0. The van der Waals surface area contributed by atoms with Crippen LogP contribution in [-0.2, 0) is 4.74 Å². The first-order valence-electron chi connectivity index (χ1n) is 7.70. The van der Waals surface area contributed by atoms with E-state index < -0.39 is 17.2 Å². The van der Waals surface area contributed by atoms with E-state index in [0.29, 0.717) is 0 Å². The van der Waals surface area contributed by atoms with Gasteiger partial charge in [-0.05, 0) is 25.0 Å². The van der Waals surface area contributed by atoms with Gasteiger partial charge in [0.05, 0.1) is 17.0 Å². The molecule has 0 saturated heterocycles. The van der Waals surface area contributed by atoms with Gasteiger partial charge in [0, 0.05) is 17.5 Å². The Balaban J connectivity index is 2.24. The molecule has 2 rings (SSSR count). The highest BCUT2D eigenvalue weighted by Gasteiger charge is 2.27. The van der Waals surface area contributed by atoms with E-state index in [2.05, 4.69) is 0 Å². The van der Waals surface area contributed by atoms with Crippen LogP contribution in [0, 0.1) is 16.0 Å². The Hall–Kier alpha value is -2.15. The first-order chi connectivity index (χ1) is 10.9. The summed E-state index contributed by atoms with van der Waals surface area (Å²) >= 11 is 0. The second kappa shape index (κ2) is 7.41. The SMILES string of the molecule is CC(C)C(Oc1cc(C(=O)[O-])ccc1[N+](=O)[O-])OC1CCCC1. The highest BCUT2D eigenvalue weighted by molar-refractivity contribution is 5.87. The maximum Gasteiger partial charge on any atom is 0.311 e. The molecule has 0 aliphatic heterocycles. The molecule has 1 aliphatic carbocycles. The zero-order chi connectivity index (χ0) is 17.0. The number of nitro groups is 1. The van der Waals surface area contributed by atoms with Crippen LogP contribution in [0.2, 0.25) is 0 Å². The third-order valence-corrected chi connectivity index (χ3v) is 3.81. The average Bonchev–Trinajstić information content (AvgIpc) is 2.99. The third-order valence-electron chi connectivity index (χ3n) is 3.81. The Bertz CT molecular complexity index is 580. The smallest absolute Gasteiger partial charge is 0.311 e. The number of carbonyl (C=O) groups is 1. The molecule has 0 amide bonds. The lowest BCUT2D eigenvalue weighted by atomic mass is 10.1. The van der Waals surface area contributed by atoms with Crippen LogP contribution in [0.1, 0.15) is 49.9 Å². The fourth-order valence-corrected chi connectivity index (χ4v) is 2.55. The quantitative estimate of drug-likeness (QED) is 0.433. The number of carbonyl (C=O) groups excluding carboxylic acids is 1. The van der Waals surface area contributed by atoms with E-state index >= 15 is 0 Å².